The number of nitrogens with one attached hydrogen (secondary N) is 3. The van der Waals surface area contributed by atoms with Gasteiger partial charge in [-0.2, -0.15) is 4.39 Å². The van der Waals surface area contributed by atoms with Crippen LogP contribution in [0.3, 0.4) is 0 Å². The summed E-state index contributed by atoms with van der Waals surface area (Å²) in [7, 11) is -4.26. The number of fused-ring (bicyclic) bond motifs is 3. The van der Waals surface area contributed by atoms with E-state index in [1.807, 2.05) is 0 Å². The number of sulfone groups is 1. The molecule has 0 aromatic heterocycles. The highest BCUT2D eigenvalue weighted by molar-refractivity contribution is 7.94. The van der Waals surface area contributed by atoms with E-state index in [0.717, 1.165) is 0 Å². The number of anilines is 1. The topological polar surface area (TPSA) is 125 Å². The number of piperidine rings is 2. The molecule has 0 unspecified atom stereocenters. The number of nitrogens with zero attached hydrogens (tertiary/aromatic N) is 1. The van der Waals surface area contributed by atoms with Crippen LogP contribution in [0.2, 0.25) is 5.02 Å². The largest absolute Gasteiger partial charge is 0.376 e. The van der Waals surface area contributed by atoms with Crippen molar-refractivity contribution < 1.29 is 36.0 Å². The fourth-order valence-corrected chi connectivity index (χ4v) is 6.41. The average Bonchev–Trinajstić information content (AvgIpc) is 3.27. The van der Waals surface area contributed by atoms with Crippen LogP contribution < -0.4 is 16.0 Å². The Bertz CT molecular complexity index is 1330. The summed E-state index contributed by atoms with van der Waals surface area (Å²) in [5.41, 5.74) is 1.27. The number of carbonyl (C=O) groups excluding carboxylic acids is 3. The summed E-state index contributed by atoms with van der Waals surface area (Å²) in [4.78, 5) is 40.3. The van der Waals surface area contributed by atoms with Crippen molar-refractivity contribution in [1.82, 2.24) is 15.5 Å². The molecule has 1 aromatic rings. The van der Waals surface area contributed by atoms with Crippen LogP contribution in [0.15, 0.2) is 29.4 Å². The first kappa shape index (κ1) is 30.2. The van der Waals surface area contributed by atoms with Crippen molar-refractivity contribution >= 4 is 44.8 Å². The first-order valence-corrected chi connectivity index (χ1v) is 15.3. The number of halogens is 4. The Morgan fingerprint density at radius 1 is 1.27 bits per heavy atom. The molecule has 5 rings (SSSR count). The fourth-order valence-electron chi connectivity index (χ4n) is 5.82. The van der Waals surface area contributed by atoms with Crippen LogP contribution in [0.4, 0.5) is 18.9 Å². The minimum absolute atomic E-state index is 0.00357. The maximum absolute atomic E-state index is 15.0. The second-order valence-corrected chi connectivity index (χ2v) is 13.0. The van der Waals surface area contributed by atoms with Gasteiger partial charge in [-0.05, 0) is 56.4 Å². The highest BCUT2D eigenvalue weighted by Crippen LogP contribution is 2.49. The molecule has 5 atom stereocenters. The molecular formula is C26H32ClF3N4O5S. The van der Waals surface area contributed by atoms with Crippen LogP contribution in [0.25, 0.3) is 0 Å². The zero-order chi connectivity index (χ0) is 29.4. The molecule has 4 aliphatic rings. The smallest absolute Gasteiger partial charge is 0.255 e. The van der Waals surface area contributed by atoms with Gasteiger partial charge < -0.3 is 20.9 Å². The zero-order valence-electron chi connectivity index (χ0n) is 22.1. The van der Waals surface area contributed by atoms with E-state index in [9.17, 15) is 27.2 Å². The molecule has 1 aromatic carbocycles. The van der Waals surface area contributed by atoms with E-state index in [-0.39, 0.29) is 25.3 Å². The van der Waals surface area contributed by atoms with Crippen molar-refractivity contribution in [1.29, 1.82) is 0 Å². The molecule has 3 aliphatic heterocycles. The molecule has 40 heavy (non-hydrogen) atoms. The second-order valence-electron chi connectivity index (χ2n) is 10.7. The minimum Gasteiger partial charge on any atom is -0.376 e. The van der Waals surface area contributed by atoms with Gasteiger partial charge in [-0.15, -0.1) is 0 Å². The molecular weight excluding hydrogens is 573 g/mol. The quantitative estimate of drug-likeness (QED) is 0.398. The van der Waals surface area contributed by atoms with Crippen molar-refractivity contribution in [3.8, 4) is 0 Å². The Morgan fingerprint density at radius 3 is 2.62 bits per heavy atom. The molecule has 3 heterocycles. The number of amides is 3. The number of hydrogen-bond acceptors (Lipinski definition) is 6. The molecule has 2 bridgehead atoms. The third-order valence-electron chi connectivity index (χ3n) is 7.91. The van der Waals surface area contributed by atoms with Crippen molar-refractivity contribution in [2.24, 2.45) is 11.8 Å². The Balaban J connectivity index is 1.59. The number of benzene rings is 1. The maximum Gasteiger partial charge on any atom is 0.255 e. The lowest BCUT2D eigenvalue weighted by Crippen LogP contribution is -2.69. The molecule has 0 spiro atoms. The van der Waals surface area contributed by atoms with Crippen molar-refractivity contribution in [3.05, 3.63) is 40.0 Å². The molecule has 3 N–H and O–H groups in total. The zero-order valence-corrected chi connectivity index (χ0v) is 23.6. The van der Waals surface area contributed by atoms with Crippen molar-refractivity contribution in [2.75, 3.05) is 24.7 Å². The Morgan fingerprint density at radius 2 is 2.00 bits per heavy atom. The standard InChI is InChI=1S/C26H32ClF3N4O5S/c1-14-19(27)4-3-5-20(14)32-13-22(35)34-17-6-7-18(26(29,30)12-17)23(34)25(37)33-16(11-21(28)40(2,38)39)10-15-8-9-31-24(15)36/h3-5,11,15-18,23,32H,6-10,12-13H2,1-2H3,(H,31,36)(H,33,37)/b21-11+/t15-,16-,17-,18-,23-/m0/s1. The Hall–Kier alpha value is -2.80. The lowest BCUT2D eigenvalue weighted by molar-refractivity contribution is -0.193. The number of alkyl halides is 2. The predicted octanol–water partition coefficient (Wildman–Crippen LogP) is 2.94. The first-order valence-electron chi connectivity index (χ1n) is 13.0. The summed E-state index contributed by atoms with van der Waals surface area (Å²) in [6, 6.07) is 1.34. The van der Waals surface area contributed by atoms with Gasteiger partial charge in [0.05, 0.1) is 18.5 Å². The van der Waals surface area contributed by atoms with Gasteiger partial charge in [-0.1, -0.05) is 17.7 Å². The van der Waals surface area contributed by atoms with Gasteiger partial charge >= 0.3 is 0 Å². The monoisotopic (exact) mass is 604 g/mol. The predicted molar refractivity (Wildman–Crippen MR) is 143 cm³/mol. The van der Waals surface area contributed by atoms with Gasteiger partial charge in [0.15, 0.2) is 0 Å². The Kier molecular flexibility index (Phi) is 8.74. The van der Waals surface area contributed by atoms with E-state index in [2.05, 4.69) is 16.0 Å². The molecule has 3 saturated heterocycles. The van der Waals surface area contributed by atoms with Crippen molar-refractivity contribution in [3.63, 3.8) is 0 Å². The van der Waals surface area contributed by atoms with Gasteiger partial charge in [0.1, 0.15) is 6.04 Å². The highest BCUT2D eigenvalue weighted by Gasteiger charge is 2.60. The van der Waals surface area contributed by atoms with Crippen LogP contribution in [-0.2, 0) is 24.2 Å². The highest BCUT2D eigenvalue weighted by atomic mass is 35.5. The lowest BCUT2D eigenvalue weighted by atomic mass is 9.71. The molecule has 9 nitrogen and oxygen atoms in total. The molecule has 3 amide bonds. The van der Waals surface area contributed by atoms with Crippen LogP contribution in [0.5, 0.6) is 0 Å². The van der Waals surface area contributed by atoms with Crippen LogP contribution >= 0.6 is 11.6 Å². The summed E-state index contributed by atoms with van der Waals surface area (Å²) in [6.07, 6.45) is 1.27. The summed E-state index contributed by atoms with van der Waals surface area (Å²) >= 11 is 6.14. The molecule has 1 aliphatic carbocycles. The van der Waals surface area contributed by atoms with E-state index >= 15 is 8.78 Å². The van der Waals surface area contributed by atoms with Gasteiger partial charge in [0.25, 0.3) is 5.92 Å². The average molecular weight is 605 g/mol. The van der Waals surface area contributed by atoms with Crippen LogP contribution in [0, 0.1) is 18.8 Å². The number of hydrogen-bond donors (Lipinski definition) is 3. The van der Waals surface area contributed by atoms with E-state index in [0.29, 0.717) is 48.0 Å². The van der Waals surface area contributed by atoms with Gasteiger partial charge in [-0.3, -0.25) is 14.4 Å². The van der Waals surface area contributed by atoms with Crippen molar-refractivity contribution in [2.45, 2.75) is 63.1 Å². The molecule has 14 heteroatoms. The number of rotatable bonds is 9. The minimum atomic E-state index is -4.26. The summed E-state index contributed by atoms with van der Waals surface area (Å²) in [5, 5.41) is 7.01. The van der Waals surface area contributed by atoms with E-state index in [4.69, 9.17) is 11.6 Å². The maximum atomic E-state index is 15.0. The van der Waals surface area contributed by atoms with Gasteiger partial charge in [-0.25, -0.2) is 17.2 Å². The normalized spacial score (nSPS) is 26.8. The summed E-state index contributed by atoms with van der Waals surface area (Å²) in [5.74, 6) is -7.20. The molecule has 220 valence electrons. The summed E-state index contributed by atoms with van der Waals surface area (Å²) < 4.78 is 67.9. The SMILES string of the molecule is Cc1c(Cl)cccc1NCC(=O)N1[C@H]2CC[C@@H]([C@H]1C(=O)N[C@H](/C=C(\F)S(C)(=O)=O)C[C@@H]1CCNC1=O)C(F)(F)C2. The number of carbonyl (C=O) groups is 3. The third kappa shape index (κ3) is 6.40. The third-order valence-corrected chi connectivity index (χ3v) is 9.16. The van der Waals surface area contributed by atoms with E-state index < -0.39 is 69.1 Å². The van der Waals surface area contributed by atoms with E-state index in [1.54, 1.807) is 25.1 Å². The summed E-state index contributed by atoms with van der Waals surface area (Å²) in [6.45, 7) is 1.83. The van der Waals surface area contributed by atoms with Crippen LogP contribution in [-0.4, -0.2) is 74.4 Å². The molecule has 0 radical (unpaired) electrons. The Labute approximate surface area is 235 Å². The van der Waals surface area contributed by atoms with Gasteiger partial charge in [0.2, 0.25) is 32.7 Å². The van der Waals surface area contributed by atoms with E-state index in [1.165, 1.54) is 4.90 Å². The lowest BCUT2D eigenvalue weighted by Gasteiger charge is -2.53. The molecule has 1 saturated carbocycles. The van der Waals surface area contributed by atoms with Gasteiger partial charge in [0, 0.05) is 41.9 Å². The van der Waals surface area contributed by atoms with Crippen LogP contribution in [0.1, 0.15) is 37.7 Å². The molecule has 4 fully saturated rings. The second kappa shape index (κ2) is 11.6. The first-order chi connectivity index (χ1) is 18.7. The fraction of sp³-hybridized carbons (Fsp3) is 0.577.